The number of Topliss-reactive ketones (excluding diaryl/α,β-unsaturated/α-hetero) is 1. The van der Waals surface area contributed by atoms with E-state index in [1.54, 1.807) is 6.92 Å². The number of nitro benzene ring substituents is 1. The van der Waals surface area contributed by atoms with Crippen molar-refractivity contribution in [2.75, 3.05) is 26.2 Å². The van der Waals surface area contributed by atoms with Crippen LogP contribution in [-0.2, 0) is 4.79 Å². The number of aliphatic hydroxyl groups is 1. The summed E-state index contributed by atoms with van der Waals surface area (Å²) in [5.74, 6) is -1.71. The smallest absolute Gasteiger partial charge is 0.290 e. The molecule has 1 atom stereocenters. The van der Waals surface area contributed by atoms with E-state index in [4.69, 9.17) is 0 Å². The minimum atomic E-state index is -0.877. The lowest BCUT2D eigenvalue weighted by molar-refractivity contribution is -0.384. The molecular weight excluding hydrogens is 492 g/mol. The standard InChI is InChI=1S/C27H28N4O5S/c1-4-29(5-2)15-16-30-22(18-11-13-20(14-12-18)31(35)36)21(24(33)27(30)34)23(32)25-17(3)28-26(37-25)19-9-7-6-8-10-19/h6-14,22,33H,4-5,15-16H2,1-3H3. The molecule has 10 heteroatoms. The van der Waals surface area contributed by atoms with Crippen LogP contribution in [0, 0.1) is 17.0 Å². The van der Waals surface area contributed by atoms with Crippen LogP contribution in [0.3, 0.4) is 0 Å². The molecule has 0 radical (unpaired) electrons. The lowest BCUT2D eigenvalue weighted by atomic mass is 9.95. The van der Waals surface area contributed by atoms with Crippen molar-refractivity contribution in [1.29, 1.82) is 0 Å². The lowest BCUT2D eigenvalue weighted by Gasteiger charge is -2.29. The molecule has 0 saturated carbocycles. The Hall–Kier alpha value is -3.89. The molecule has 1 aliphatic rings. The highest BCUT2D eigenvalue weighted by Crippen LogP contribution is 2.41. The Morgan fingerprint density at radius 3 is 2.38 bits per heavy atom. The van der Waals surface area contributed by atoms with E-state index < -0.39 is 28.4 Å². The zero-order chi connectivity index (χ0) is 26.7. The fourth-order valence-electron chi connectivity index (χ4n) is 4.46. The first-order valence-corrected chi connectivity index (χ1v) is 12.9. The van der Waals surface area contributed by atoms with E-state index >= 15 is 0 Å². The summed E-state index contributed by atoms with van der Waals surface area (Å²) in [6.45, 7) is 8.16. The Morgan fingerprint density at radius 2 is 1.78 bits per heavy atom. The van der Waals surface area contributed by atoms with Crippen LogP contribution in [0.4, 0.5) is 5.69 Å². The largest absolute Gasteiger partial charge is 0.503 e. The van der Waals surface area contributed by atoms with Crippen LogP contribution in [0.1, 0.15) is 40.8 Å². The SMILES string of the molecule is CCN(CC)CCN1C(=O)C(O)=C(C(=O)c2sc(-c3ccccc3)nc2C)C1c1ccc([N+](=O)[O-])cc1. The van der Waals surface area contributed by atoms with E-state index in [0.29, 0.717) is 27.7 Å². The van der Waals surface area contributed by atoms with E-state index in [-0.39, 0.29) is 17.8 Å². The summed E-state index contributed by atoms with van der Waals surface area (Å²) in [5, 5.41) is 22.8. The molecule has 1 aliphatic heterocycles. The number of aliphatic hydroxyl groups excluding tert-OH is 1. The van der Waals surface area contributed by atoms with Gasteiger partial charge in [0.25, 0.3) is 11.6 Å². The number of carbonyl (C=O) groups is 2. The molecular formula is C27H28N4O5S. The van der Waals surface area contributed by atoms with Crippen LogP contribution >= 0.6 is 11.3 Å². The minimum Gasteiger partial charge on any atom is -0.503 e. The third kappa shape index (κ3) is 5.16. The summed E-state index contributed by atoms with van der Waals surface area (Å²) in [6.07, 6.45) is 0. The van der Waals surface area contributed by atoms with Gasteiger partial charge in [-0.25, -0.2) is 4.98 Å². The number of nitrogens with zero attached hydrogens (tertiary/aromatic N) is 4. The number of hydrogen-bond donors (Lipinski definition) is 1. The summed E-state index contributed by atoms with van der Waals surface area (Å²) in [5.41, 5.74) is 1.74. The average molecular weight is 521 g/mol. The predicted molar refractivity (Wildman–Crippen MR) is 142 cm³/mol. The number of ketones is 1. The van der Waals surface area contributed by atoms with E-state index in [1.807, 2.05) is 44.2 Å². The molecule has 1 amide bonds. The highest BCUT2D eigenvalue weighted by atomic mass is 32.1. The highest BCUT2D eigenvalue weighted by Gasteiger charge is 2.44. The summed E-state index contributed by atoms with van der Waals surface area (Å²) in [4.78, 5) is 46.3. The number of likely N-dealkylation sites (N-methyl/N-ethyl adjacent to an activating group) is 1. The van der Waals surface area contributed by atoms with Gasteiger partial charge >= 0.3 is 0 Å². The molecule has 1 unspecified atom stereocenters. The fraction of sp³-hybridized carbons (Fsp3) is 0.296. The van der Waals surface area contributed by atoms with Gasteiger partial charge in [0, 0.05) is 30.8 Å². The Kier molecular flexibility index (Phi) is 7.80. The number of carbonyl (C=O) groups excluding carboxylic acids is 2. The first kappa shape index (κ1) is 26.2. The number of hydrogen-bond acceptors (Lipinski definition) is 8. The van der Waals surface area contributed by atoms with Crippen molar-refractivity contribution in [3.05, 3.63) is 92.2 Å². The monoisotopic (exact) mass is 520 g/mol. The maximum absolute atomic E-state index is 13.9. The molecule has 1 aromatic heterocycles. The van der Waals surface area contributed by atoms with Gasteiger partial charge in [-0.05, 0) is 37.7 Å². The van der Waals surface area contributed by atoms with Gasteiger partial charge < -0.3 is 14.9 Å². The van der Waals surface area contributed by atoms with Crippen molar-refractivity contribution in [3.8, 4) is 10.6 Å². The van der Waals surface area contributed by atoms with Gasteiger partial charge in [0.05, 0.1) is 27.1 Å². The molecule has 4 rings (SSSR count). The van der Waals surface area contributed by atoms with E-state index in [0.717, 1.165) is 18.7 Å². The Labute approximate surface area is 218 Å². The van der Waals surface area contributed by atoms with Gasteiger partial charge in [-0.3, -0.25) is 19.7 Å². The number of thiazole rings is 1. The number of non-ortho nitro benzene ring substituents is 1. The highest BCUT2D eigenvalue weighted by molar-refractivity contribution is 7.17. The molecule has 0 aliphatic carbocycles. The zero-order valence-electron chi connectivity index (χ0n) is 20.9. The molecule has 2 aromatic carbocycles. The van der Waals surface area contributed by atoms with Crippen LogP contribution in [-0.4, -0.2) is 62.7 Å². The molecule has 37 heavy (non-hydrogen) atoms. The van der Waals surface area contributed by atoms with Crippen LogP contribution < -0.4 is 0 Å². The van der Waals surface area contributed by atoms with Crippen molar-refractivity contribution in [3.63, 3.8) is 0 Å². The third-order valence-corrected chi connectivity index (χ3v) is 7.75. The number of nitro groups is 1. The van der Waals surface area contributed by atoms with Crippen molar-refractivity contribution < 1.29 is 19.6 Å². The van der Waals surface area contributed by atoms with E-state index in [2.05, 4.69) is 9.88 Å². The summed E-state index contributed by atoms with van der Waals surface area (Å²) < 4.78 is 0. The maximum atomic E-state index is 13.9. The third-order valence-electron chi connectivity index (χ3n) is 6.54. The molecule has 2 heterocycles. The van der Waals surface area contributed by atoms with E-state index in [1.165, 1.54) is 40.5 Å². The second-order valence-corrected chi connectivity index (χ2v) is 9.67. The van der Waals surface area contributed by atoms with Crippen molar-refractivity contribution in [2.24, 2.45) is 0 Å². The predicted octanol–water partition coefficient (Wildman–Crippen LogP) is 4.95. The molecule has 1 N–H and O–H groups in total. The van der Waals surface area contributed by atoms with Gasteiger partial charge in [-0.15, -0.1) is 11.3 Å². The summed E-state index contributed by atoms with van der Waals surface area (Å²) >= 11 is 1.21. The number of amides is 1. The summed E-state index contributed by atoms with van der Waals surface area (Å²) in [7, 11) is 0. The van der Waals surface area contributed by atoms with Gasteiger partial charge in [-0.2, -0.15) is 0 Å². The lowest BCUT2D eigenvalue weighted by Crippen LogP contribution is -2.38. The number of benzene rings is 2. The van der Waals surface area contributed by atoms with Gasteiger partial charge in [0.15, 0.2) is 5.76 Å². The van der Waals surface area contributed by atoms with Crippen LogP contribution in [0.5, 0.6) is 0 Å². The normalized spacial score (nSPS) is 15.6. The second-order valence-electron chi connectivity index (χ2n) is 8.67. The fourth-order valence-corrected chi connectivity index (χ4v) is 5.49. The Balaban J connectivity index is 1.75. The quantitative estimate of drug-likeness (QED) is 0.228. The van der Waals surface area contributed by atoms with E-state index in [9.17, 15) is 24.8 Å². The first-order valence-electron chi connectivity index (χ1n) is 12.0. The molecule has 0 bridgehead atoms. The minimum absolute atomic E-state index is 0.0373. The number of rotatable bonds is 10. The topological polar surface area (TPSA) is 117 Å². The van der Waals surface area contributed by atoms with Crippen molar-refractivity contribution in [1.82, 2.24) is 14.8 Å². The van der Waals surface area contributed by atoms with Crippen LogP contribution in [0.2, 0.25) is 0 Å². The molecule has 9 nitrogen and oxygen atoms in total. The Bertz CT molecular complexity index is 1350. The van der Waals surface area contributed by atoms with Gasteiger partial charge in [0.1, 0.15) is 5.01 Å². The maximum Gasteiger partial charge on any atom is 0.290 e. The zero-order valence-corrected chi connectivity index (χ0v) is 21.7. The Morgan fingerprint density at radius 1 is 1.14 bits per heavy atom. The van der Waals surface area contributed by atoms with Crippen LogP contribution in [0.15, 0.2) is 65.9 Å². The molecule has 0 saturated heterocycles. The average Bonchev–Trinajstić information content (AvgIpc) is 3.42. The molecule has 192 valence electrons. The van der Waals surface area contributed by atoms with Crippen molar-refractivity contribution >= 4 is 28.7 Å². The van der Waals surface area contributed by atoms with Crippen LogP contribution in [0.25, 0.3) is 10.6 Å². The van der Waals surface area contributed by atoms with Gasteiger partial charge in [0.2, 0.25) is 5.78 Å². The van der Waals surface area contributed by atoms with Crippen molar-refractivity contribution in [2.45, 2.75) is 26.8 Å². The summed E-state index contributed by atoms with van der Waals surface area (Å²) in [6, 6.07) is 14.3. The molecule has 3 aromatic rings. The molecule has 0 spiro atoms. The number of aryl methyl sites for hydroxylation is 1. The first-order chi connectivity index (χ1) is 17.8. The second kappa shape index (κ2) is 11.0. The number of aromatic nitrogens is 1. The van der Waals surface area contributed by atoms with Gasteiger partial charge in [-0.1, -0.05) is 44.2 Å². The molecule has 0 fully saturated rings.